The average Bonchev–Trinajstić information content (AvgIpc) is 3.23. The Labute approximate surface area is 138 Å². The molecular weight excluding hydrogens is 316 g/mol. The number of nitrogens with one attached hydrogen (secondary N) is 1. The number of nitrogens with zero attached hydrogens (tertiary/aromatic N) is 1. The van der Waals surface area contributed by atoms with E-state index >= 15 is 0 Å². The van der Waals surface area contributed by atoms with Crippen LogP contribution in [0.2, 0.25) is 5.02 Å². The molecule has 3 rings (SSSR count). The van der Waals surface area contributed by atoms with Crippen molar-refractivity contribution in [3.8, 4) is 11.3 Å². The molecule has 0 atom stereocenters. The number of carbonyl (C=O) groups excluding carboxylic acids is 1. The molecule has 1 N–H and O–H groups in total. The van der Waals surface area contributed by atoms with Gasteiger partial charge in [-0.2, -0.15) is 0 Å². The second-order valence-corrected chi connectivity index (χ2v) is 5.42. The monoisotopic (exact) mass is 330 g/mol. The zero-order chi connectivity index (χ0) is 16.1. The van der Waals surface area contributed by atoms with Crippen LogP contribution in [0.1, 0.15) is 18.1 Å². The van der Waals surface area contributed by atoms with Crippen LogP contribution in [0.15, 0.2) is 57.7 Å². The molecule has 0 aliphatic carbocycles. The van der Waals surface area contributed by atoms with Crippen molar-refractivity contribution in [1.29, 1.82) is 0 Å². The minimum Gasteiger partial charge on any atom is -0.467 e. The Morgan fingerprint density at radius 1 is 1.22 bits per heavy atom. The number of halogens is 1. The summed E-state index contributed by atoms with van der Waals surface area (Å²) in [6, 6.07) is 10.9. The highest BCUT2D eigenvalue weighted by Gasteiger charge is 2.09. The van der Waals surface area contributed by atoms with Gasteiger partial charge in [-0.1, -0.05) is 11.6 Å². The van der Waals surface area contributed by atoms with Gasteiger partial charge >= 0.3 is 0 Å². The topological polar surface area (TPSA) is 68.3 Å². The summed E-state index contributed by atoms with van der Waals surface area (Å²) < 4.78 is 10.8. The van der Waals surface area contributed by atoms with Gasteiger partial charge in [-0.3, -0.25) is 4.79 Å². The molecule has 1 amide bonds. The number of hydrogen-bond acceptors (Lipinski definition) is 4. The molecule has 1 aromatic carbocycles. The average molecular weight is 331 g/mol. The van der Waals surface area contributed by atoms with E-state index in [2.05, 4.69) is 10.3 Å². The predicted molar refractivity (Wildman–Crippen MR) is 85.8 cm³/mol. The fraction of sp³-hybridized carbons (Fsp3) is 0.176. The summed E-state index contributed by atoms with van der Waals surface area (Å²) in [7, 11) is 0. The van der Waals surface area contributed by atoms with Gasteiger partial charge in [0.15, 0.2) is 11.7 Å². The first-order valence-electron chi connectivity index (χ1n) is 7.20. The summed E-state index contributed by atoms with van der Waals surface area (Å²) in [5, 5.41) is 3.45. The van der Waals surface area contributed by atoms with Crippen LogP contribution in [-0.4, -0.2) is 10.9 Å². The standard InChI is InChI=1S/C17H15ClN2O3/c18-13-5-3-12(4-6-13)15-11-20-17(23-15)8-7-16(21)19-10-14-2-1-9-22-14/h1-6,9,11H,7-8,10H2,(H,19,21). The van der Waals surface area contributed by atoms with Crippen molar-refractivity contribution in [2.75, 3.05) is 0 Å². The minimum absolute atomic E-state index is 0.0763. The van der Waals surface area contributed by atoms with Crippen LogP contribution in [0.4, 0.5) is 0 Å². The molecule has 0 spiro atoms. The van der Waals surface area contributed by atoms with Gasteiger partial charge < -0.3 is 14.2 Å². The smallest absolute Gasteiger partial charge is 0.220 e. The lowest BCUT2D eigenvalue weighted by Gasteiger charge is -2.01. The van der Waals surface area contributed by atoms with Crippen LogP contribution >= 0.6 is 11.6 Å². The van der Waals surface area contributed by atoms with Crippen LogP contribution in [0.5, 0.6) is 0 Å². The number of carbonyl (C=O) groups is 1. The van der Waals surface area contributed by atoms with Gasteiger partial charge in [-0.25, -0.2) is 4.98 Å². The van der Waals surface area contributed by atoms with E-state index < -0.39 is 0 Å². The summed E-state index contributed by atoms with van der Waals surface area (Å²) in [6.07, 6.45) is 3.98. The molecule has 0 unspecified atom stereocenters. The number of hydrogen-bond donors (Lipinski definition) is 1. The lowest BCUT2D eigenvalue weighted by molar-refractivity contribution is -0.121. The lowest BCUT2D eigenvalue weighted by Crippen LogP contribution is -2.22. The molecule has 0 saturated carbocycles. The fourth-order valence-corrected chi connectivity index (χ4v) is 2.21. The Morgan fingerprint density at radius 2 is 2.04 bits per heavy atom. The van der Waals surface area contributed by atoms with E-state index in [-0.39, 0.29) is 5.91 Å². The first-order chi connectivity index (χ1) is 11.2. The summed E-state index contributed by atoms with van der Waals surface area (Å²) in [5.74, 6) is 1.84. The van der Waals surface area contributed by atoms with Gasteiger partial charge in [0.05, 0.1) is 19.0 Å². The summed E-state index contributed by atoms with van der Waals surface area (Å²) in [6.45, 7) is 0.382. The van der Waals surface area contributed by atoms with E-state index in [9.17, 15) is 4.79 Å². The molecule has 0 aliphatic heterocycles. The third-order valence-corrected chi connectivity index (χ3v) is 3.54. The molecule has 0 fully saturated rings. The van der Waals surface area contributed by atoms with Crippen LogP contribution in [-0.2, 0) is 17.8 Å². The van der Waals surface area contributed by atoms with Crippen molar-refractivity contribution in [2.24, 2.45) is 0 Å². The van der Waals surface area contributed by atoms with Gasteiger partial charge in [-0.15, -0.1) is 0 Å². The van der Waals surface area contributed by atoms with Crippen LogP contribution in [0.25, 0.3) is 11.3 Å². The number of benzene rings is 1. The number of aromatic nitrogens is 1. The normalized spacial score (nSPS) is 10.7. The highest BCUT2D eigenvalue weighted by Crippen LogP contribution is 2.22. The fourth-order valence-electron chi connectivity index (χ4n) is 2.08. The van der Waals surface area contributed by atoms with Crippen LogP contribution in [0, 0.1) is 0 Å². The van der Waals surface area contributed by atoms with Crippen molar-refractivity contribution < 1.29 is 13.6 Å². The second kappa shape index (κ2) is 7.15. The third kappa shape index (κ3) is 4.23. The molecular formula is C17H15ClN2O3. The van der Waals surface area contributed by atoms with E-state index in [0.717, 1.165) is 11.3 Å². The maximum Gasteiger partial charge on any atom is 0.220 e. The number of rotatable bonds is 6. The molecule has 5 nitrogen and oxygen atoms in total. The van der Waals surface area contributed by atoms with Gasteiger partial charge in [0.25, 0.3) is 0 Å². The molecule has 0 bridgehead atoms. The van der Waals surface area contributed by atoms with Crippen molar-refractivity contribution in [3.05, 3.63) is 65.5 Å². The molecule has 118 valence electrons. The van der Waals surface area contributed by atoms with Crippen molar-refractivity contribution in [1.82, 2.24) is 10.3 Å². The van der Waals surface area contributed by atoms with E-state index in [1.165, 1.54) is 0 Å². The van der Waals surface area contributed by atoms with Crippen molar-refractivity contribution >= 4 is 17.5 Å². The highest BCUT2D eigenvalue weighted by atomic mass is 35.5. The third-order valence-electron chi connectivity index (χ3n) is 3.29. The summed E-state index contributed by atoms with van der Waals surface area (Å²) >= 11 is 5.86. The largest absolute Gasteiger partial charge is 0.467 e. The molecule has 0 radical (unpaired) electrons. The number of aryl methyl sites for hydroxylation is 1. The van der Waals surface area contributed by atoms with E-state index in [1.54, 1.807) is 30.7 Å². The molecule has 3 aromatic rings. The first kappa shape index (κ1) is 15.4. The summed E-state index contributed by atoms with van der Waals surface area (Å²) in [4.78, 5) is 16.0. The molecule has 0 aliphatic rings. The van der Waals surface area contributed by atoms with E-state index in [1.807, 2.05) is 18.2 Å². The molecule has 23 heavy (non-hydrogen) atoms. The number of furan rings is 1. The predicted octanol–water partition coefficient (Wildman–Crippen LogP) is 3.84. The Balaban J connectivity index is 1.50. The van der Waals surface area contributed by atoms with Crippen molar-refractivity contribution in [3.63, 3.8) is 0 Å². The van der Waals surface area contributed by atoms with Gasteiger partial charge in [-0.05, 0) is 36.4 Å². The minimum atomic E-state index is -0.0763. The molecule has 2 aromatic heterocycles. The van der Waals surface area contributed by atoms with Gasteiger partial charge in [0, 0.05) is 23.4 Å². The maximum absolute atomic E-state index is 11.8. The Kier molecular flexibility index (Phi) is 4.78. The maximum atomic E-state index is 11.8. The Bertz CT molecular complexity index is 764. The zero-order valence-electron chi connectivity index (χ0n) is 12.3. The summed E-state index contributed by atoms with van der Waals surface area (Å²) in [5.41, 5.74) is 0.899. The first-order valence-corrected chi connectivity index (χ1v) is 7.58. The second-order valence-electron chi connectivity index (χ2n) is 4.98. The Morgan fingerprint density at radius 3 is 2.78 bits per heavy atom. The molecule has 2 heterocycles. The Hall–Kier alpha value is -2.53. The lowest BCUT2D eigenvalue weighted by atomic mass is 10.2. The van der Waals surface area contributed by atoms with Crippen LogP contribution in [0.3, 0.4) is 0 Å². The number of amides is 1. The van der Waals surface area contributed by atoms with E-state index in [0.29, 0.717) is 36.1 Å². The quantitative estimate of drug-likeness (QED) is 0.745. The SMILES string of the molecule is O=C(CCc1ncc(-c2ccc(Cl)cc2)o1)NCc1ccco1. The van der Waals surface area contributed by atoms with Crippen LogP contribution < -0.4 is 5.32 Å². The molecule has 6 heteroatoms. The molecule has 0 saturated heterocycles. The highest BCUT2D eigenvalue weighted by molar-refractivity contribution is 6.30. The number of oxazole rings is 1. The van der Waals surface area contributed by atoms with Gasteiger partial charge in [0.2, 0.25) is 5.91 Å². The van der Waals surface area contributed by atoms with Gasteiger partial charge in [0.1, 0.15) is 5.76 Å². The van der Waals surface area contributed by atoms with Crippen molar-refractivity contribution in [2.45, 2.75) is 19.4 Å². The van der Waals surface area contributed by atoms with E-state index in [4.69, 9.17) is 20.4 Å². The zero-order valence-corrected chi connectivity index (χ0v) is 13.0.